The van der Waals surface area contributed by atoms with Gasteiger partial charge < -0.3 is 0 Å². The second-order valence-corrected chi connectivity index (χ2v) is 4.93. The minimum atomic E-state index is -0.638. The quantitative estimate of drug-likeness (QED) is 0.755. The molecule has 3 heteroatoms. The van der Waals surface area contributed by atoms with Crippen molar-refractivity contribution >= 4 is 5.78 Å². The van der Waals surface area contributed by atoms with Crippen LogP contribution < -0.4 is 0 Å². The van der Waals surface area contributed by atoms with Gasteiger partial charge in [0.25, 0.3) is 0 Å². The van der Waals surface area contributed by atoms with Crippen LogP contribution in [0.1, 0.15) is 22.8 Å². The lowest BCUT2D eigenvalue weighted by Crippen LogP contribution is -2.04. The van der Waals surface area contributed by atoms with Crippen molar-refractivity contribution in [2.24, 2.45) is 5.92 Å². The summed E-state index contributed by atoms with van der Waals surface area (Å²) in [5.41, 5.74) is 2.37. The van der Waals surface area contributed by atoms with E-state index in [1.807, 2.05) is 19.1 Å². The average molecular weight is 258 g/mol. The number of carbonyl (C=O) groups excluding carboxylic acids is 1. The number of benzene rings is 2. The molecule has 1 aliphatic rings. The van der Waals surface area contributed by atoms with Crippen LogP contribution in [-0.2, 0) is 6.42 Å². The van der Waals surface area contributed by atoms with Gasteiger partial charge in [0.15, 0.2) is 5.78 Å². The molecule has 0 saturated heterocycles. The Morgan fingerprint density at radius 1 is 1.11 bits per heavy atom. The van der Waals surface area contributed by atoms with Crippen molar-refractivity contribution in [3.8, 4) is 11.1 Å². The van der Waals surface area contributed by atoms with Gasteiger partial charge in [0.05, 0.1) is 0 Å². The average Bonchev–Trinajstić information content (AvgIpc) is 2.65. The molecule has 1 unspecified atom stereocenters. The van der Waals surface area contributed by atoms with Crippen LogP contribution >= 0.6 is 0 Å². The maximum absolute atomic E-state index is 13.9. The van der Waals surface area contributed by atoms with E-state index in [1.54, 1.807) is 6.07 Å². The van der Waals surface area contributed by atoms with Gasteiger partial charge >= 0.3 is 0 Å². The zero-order valence-electron chi connectivity index (χ0n) is 10.4. The van der Waals surface area contributed by atoms with Crippen molar-refractivity contribution in [2.75, 3.05) is 0 Å². The first-order chi connectivity index (χ1) is 9.08. The fourth-order valence-corrected chi connectivity index (χ4v) is 2.66. The van der Waals surface area contributed by atoms with Crippen molar-refractivity contribution < 1.29 is 13.6 Å². The Morgan fingerprint density at radius 3 is 2.63 bits per heavy atom. The minimum absolute atomic E-state index is 0.0364. The molecular weight excluding hydrogens is 246 g/mol. The fraction of sp³-hybridized carbons (Fsp3) is 0.188. The molecule has 0 radical (unpaired) electrons. The molecule has 0 N–H and O–H groups in total. The fourth-order valence-electron chi connectivity index (χ4n) is 2.66. The van der Waals surface area contributed by atoms with E-state index in [-0.39, 0.29) is 17.3 Å². The third-order valence-corrected chi connectivity index (χ3v) is 3.59. The van der Waals surface area contributed by atoms with Crippen molar-refractivity contribution in [1.29, 1.82) is 0 Å². The van der Waals surface area contributed by atoms with Crippen LogP contribution in [0.4, 0.5) is 8.78 Å². The van der Waals surface area contributed by atoms with Crippen molar-refractivity contribution in [3.05, 3.63) is 59.2 Å². The molecule has 0 fully saturated rings. The topological polar surface area (TPSA) is 17.1 Å². The van der Waals surface area contributed by atoms with E-state index >= 15 is 0 Å². The number of rotatable bonds is 1. The summed E-state index contributed by atoms with van der Waals surface area (Å²) >= 11 is 0. The second kappa shape index (κ2) is 4.26. The Morgan fingerprint density at radius 2 is 1.89 bits per heavy atom. The second-order valence-electron chi connectivity index (χ2n) is 4.93. The van der Waals surface area contributed by atoms with Crippen molar-refractivity contribution in [1.82, 2.24) is 0 Å². The molecule has 0 aromatic heterocycles. The van der Waals surface area contributed by atoms with E-state index in [0.717, 1.165) is 11.6 Å². The van der Waals surface area contributed by atoms with Crippen LogP contribution in [0.5, 0.6) is 0 Å². The Labute approximate surface area is 109 Å². The SMILES string of the molecule is CC1Cc2cccc(-c3ccc(F)cc3F)c2C1=O. The van der Waals surface area contributed by atoms with Crippen LogP contribution in [0.2, 0.25) is 0 Å². The highest BCUT2D eigenvalue weighted by atomic mass is 19.1. The third kappa shape index (κ3) is 1.86. The summed E-state index contributed by atoms with van der Waals surface area (Å²) in [7, 11) is 0. The molecule has 96 valence electrons. The van der Waals surface area contributed by atoms with Gasteiger partial charge in [0.2, 0.25) is 0 Å². The number of halogens is 2. The molecule has 1 aliphatic carbocycles. The molecule has 0 heterocycles. The summed E-state index contributed by atoms with van der Waals surface area (Å²) in [4.78, 5) is 12.2. The Balaban J connectivity index is 2.23. The summed E-state index contributed by atoms with van der Waals surface area (Å²) in [6.07, 6.45) is 0.685. The summed E-state index contributed by atoms with van der Waals surface area (Å²) in [6, 6.07) is 8.85. The molecule has 3 rings (SSSR count). The maximum atomic E-state index is 13.9. The Bertz CT molecular complexity index is 676. The molecule has 0 saturated carbocycles. The predicted molar refractivity (Wildman–Crippen MR) is 69.0 cm³/mol. The van der Waals surface area contributed by atoms with E-state index in [2.05, 4.69) is 0 Å². The standard InChI is InChI=1S/C16H12F2O/c1-9-7-10-3-2-4-13(15(10)16(9)19)12-6-5-11(17)8-14(12)18/h2-6,8-9H,7H2,1H3. The lowest BCUT2D eigenvalue weighted by molar-refractivity contribution is 0.0947. The number of fused-ring (bicyclic) bond motifs is 1. The van der Waals surface area contributed by atoms with Gasteiger partial charge in [0, 0.05) is 23.1 Å². The van der Waals surface area contributed by atoms with E-state index in [0.29, 0.717) is 17.5 Å². The molecule has 0 aliphatic heterocycles. The van der Waals surface area contributed by atoms with Crippen LogP contribution in [0.15, 0.2) is 36.4 Å². The largest absolute Gasteiger partial charge is 0.294 e. The third-order valence-electron chi connectivity index (χ3n) is 3.59. The van der Waals surface area contributed by atoms with Crippen LogP contribution in [0, 0.1) is 17.6 Å². The van der Waals surface area contributed by atoms with Gasteiger partial charge in [0.1, 0.15) is 11.6 Å². The lowest BCUT2D eigenvalue weighted by Gasteiger charge is -2.09. The van der Waals surface area contributed by atoms with Crippen molar-refractivity contribution in [2.45, 2.75) is 13.3 Å². The number of Topliss-reactive ketones (excluding diaryl/α,β-unsaturated/α-hetero) is 1. The first-order valence-corrected chi connectivity index (χ1v) is 6.19. The normalized spacial score (nSPS) is 17.6. The zero-order valence-corrected chi connectivity index (χ0v) is 10.4. The van der Waals surface area contributed by atoms with Crippen LogP contribution in [-0.4, -0.2) is 5.78 Å². The Kier molecular flexibility index (Phi) is 2.70. The first kappa shape index (κ1) is 12.0. The minimum Gasteiger partial charge on any atom is -0.294 e. The zero-order chi connectivity index (χ0) is 13.6. The molecule has 0 spiro atoms. The highest BCUT2D eigenvalue weighted by Crippen LogP contribution is 2.35. The Hall–Kier alpha value is -2.03. The number of ketones is 1. The van der Waals surface area contributed by atoms with Crippen molar-refractivity contribution in [3.63, 3.8) is 0 Å². The molecule has 1 nitrogen and oxygen atoms in total. The van der Waals surface area contributed by atoms with E-state index in [1.165, 1.54) is 12.1 Å². The van der Waals surface area contributed by atoms with Crippen LogP contribution in [0.25, 0.3) is 11.1 Å². The molecule has 19 heavy (non-hydrogen) atoms. The van der Waals surface area contributed by atoms with Gasteiger partial charge in [-0.05, 0) is 29.7 Å². The van der Waals surface area contributed by atoms with E-state index < -0.39 is 11.6 Å². The van der Waals surface area contributed by atoms with Gasteiger partial charge in [-0.1, -0.05) is 25.1 Å². The monoisotopic (exact) mass is 258 g/mol. The van der Waals surface area contributed by atoms with Gasteiger partial charge in [-0.3, -0.25) is 4.79 Å². The molecule has 2 aromatic rings. The lowest BCUT2D eigenvalue weighted by atomic mass is 9.95. The van der Waals surface area contributed by atoms with E-state index in [9.17, 15) is 13.6 Å². The first-order valence-electron chi connectivity index (χ1n) is 6.19. The van der Waals surface area contributed by atoms with Gasteiger partial charge in [-0.25, -0.2) is 8.78 Å². The summed E-state index contributed by atoms with van der Waals surface area (Å²) in [5.74, 6) is -1.29. The summed E-state index contributed by atoms with van der Waals surface area (Å²) in [5, 5.41) is 0. The van der Waals surface area contributed by atoms with Gasteiger partial charge in [-0.15, -0.1) is 0 Å². The van der Waals surface area contributed by atoms with Gasteiger partial charge in [-0.2, -0.15) is 0 Å². The molecule has 1 atom stereocenters. The number of hydrogen-bond acceptors (Lipinski definition) is 1. The molecule has 2 aromatic carbocycles. The highest BCUT2D eigenvalue weighted by molar-refractivity contribution is 6.07. The molecule has 0 bridgehead atoms. The maximum Gasteiger partial charge on any atom is 0.166 e. The smallest absolute Gasteiger partial charge is 0.166 e. The number of hydrogen-bond donors (Lipinski definition) is 0. The predicted octanol–water partition coefficient (Wildman–Crippen LogP) is 4.01. The van der Waals surface area contributed by atoms with E-state index in [4.69, 9.17) is 0 Å². The van der Waals surface area contributed by atoms with Crippen LogP contribution in [0.3, 0.4) is 0 Å². The summed E-state index contributed by atoms with van der Waals surface area (Å²) in [6.45, 7) is 1.87. The highest BCUT2D eigenvalue weighted by Gasteiger charge is 2.30. The molecule has 0 amide bonds. The molecular formula is C16H12F2O. The summed E-state index contributed by atoms with van der Waals surface area (Å²) < 4.78 is 26.8. The number of carbonyl (C=O) groups is 1.